The number of amides is 1. The van der Waals surface area contributed by atoms with Crippen LogP contribution in [-0.4, -0.2) is 48.0 Å². The summed E-state index contributed by atoms with van der Waals surface area (Å²) in [5.41, 5.74) is 2.31. The van der Waals surface area contributed by atoms with Crippen molar-refractivity contribution in [2.45, 2.75) is 76.9 Å². The third kappa shape index (κ3) is 7.39. The molecule has 5 nitrogen and oxygen atoms in total. The first-order chi connectivity index (χ1) is 17.5. The summed E-state index contributed by atoms with van der Waals surface area (Å²) in [4.78, 5) is 20.6. The SMILES string of the molecule is CC(C)(C)c1ccc(N2CCC(CCC(=O)N3CCC(Nc4ccnc(C(F)(F)F)c4)CC3)CC2)cc1. The molecule has 37 heavy (non-hydrogen) atoms. The number of rotatable bonds is 6. The van der Waals surface area contributed by atoms with E-state index in [-0.39, 0.29) is 17.4 Å². The summed E-state index contributed by atoms with van der Waals surface area (Å²) < 4.78 is 38.7. The molecular formula is C29H39F3N4O. The van der Waals surface area contributed by atoms with E-state index in [1.807, 2.05) is 4.90 Å². The van der Waals surface area contributed by atoms with Crippen LogP contribution in [0.4, 0.5) is 24.5 Å². The second kappa shape index (κ2) is 11.3. The summed E-state index contributed by atoms with van der Waals surface area (Å²) in [6, 6.07) is 11.6. The van der Waals surface area contributed by atoms with E-state index in [2.05, 4.69) is 60.2 Å². The van der Waals surface area contributed by atoms with E-state index in [1.54, 1.807) is 6.07 Å². The maximum atomic E-state index is 12.9. The van der Waals surface area contributed by atoms with E-state index >= 15 is 0 Å². The number of carbonyl (C=O) groups excluding carboxylic acids is 1. The lowest BCUT2D eigenvalue weighted by atomic mass is 9.87. The predicted molar refractivity (Wildman–Crippen MR) is 142 cm³/mol. The second-order valence-corrected chi connectivity index (χ2v) is 11.5. The molecule has 0 unspecified atom stereocenters. The summed E-state index contributed by atoms with van der Waals surface area (Å²) in [5, 5.41) is 3.18. The van der Waals surface area contributed by atoms with Crippen LogP contribution < -0.4 is 10.2 Å². The number of hydrogen-bond donors (Lipinski definition) is 1. The van der Waals surface area contributed by atoms with E-state index in [1.165, 1.54) is 17.4 Å². The van der Waals surface area contributed by atoms with Gasteiger partial charge in [-0.05, 0) is 73.3 Å². The summed E-state index contributed by atoms with van der Waals surface area (Å²) in [6.45, 7) is 10.0. The van der Waals surface area contributed by atoms with Crippen LogP contribution in [0, 0.1) is 5.92 Å². The number of halogens is 3. The number of aromatic nitrogens is 1. The molecule has 1 N–H and O–H groups in total. The zero-order valence-corrected chi connectivity index (χ0v) is 22.2. The maximum absolute atomic E-state index is 12.9. The first kappa shape index (κ1) is 27.3. The lowest BCUT2D eigenvalue weighted by Crippen LogP contribution is -2.42. The zero-order chi connectivity index (χ0) is 26.6. The highest BCUT2D eigenvalue weighted by Gasteiger charge is 2.33. The predicted octanol–water partition coefficient (Wildman–Crippen LogP) is 6.50. The summed E-state index contributed by atoms with van der Waals surface area (Å²) >= 11 is 0. The number of nitrogens with zero attached hydrogens (tertiary/aromatic N) is 3. The highest BCUT2D eigenvalue weighted by molar-refractivity contribution is 5.76. The van der Waals surface area contributed by atoms with Gasteiger partial charge in [-0.3, -0.25) is 9.78 Å². The van der Waals surface area contributed by atoms with Crippen LogP contribution in [-0.2, 0) is 16.4 Å². The molecule has 0 saturated carbocycles. The smallest absolute Gasteiger partial charge is 0.382 e. The molecule has 1 amide bonds. The fourth-order valence-corrected chi connectivity index (χ4v) is 5.32. The summed E-state index contributed by atoms with van der Waals surface area (Å²) in [5.74, 6) is 0.768. The van der Waals surface area contributed by atoms with Crippen LogP contribution in [0.15, 0.2) is 42.6 Å². The molecule has 2 aromatic rings. The summed E-state index contributed by atoms with van der Waals surface area (Å²) in [7, 11) is 0. The number of carbonyl (C=O) groups is 1. The van der Waals surface area contributed by atoms with Crippen LogP contribution in [0.5, 0.6) is 0 Å². The fourth-order valence-electron chi connectivity index (χ4n) is 5.32. The second-order valence-electron chi connectivity index (χ2n) is 11.5. The summed E-state index contributed by atoms with van der Waals surface area (Å²) in [6.07, 6.45) is 1.87. The topological polar surface area (TPSA) is 48.5 Å². The Bertz CT molecular complexity index is 1030. The number of pyridine rings is 1. The molecule has 4 rings (SSSR count). The van der Waals surface area contributed by atoms with Gasteiger partial charge in [-0.1, -0.05) is 32.9 Å². The monoisotopic (exact) mass is 516 g/mol. The molecule has 202 valence electrons. The molecule has 0 atom stereocenters. The quantitative estimate of drug-likeness (QED) is 0.476. The highest BCUT2D eigenvalue weighted by atomic mass is 19.4. The van der Waals surface area contributed by atoms with E-state index in [9.17, 15) is 18.0 Å². The van der Waals surface area contributed by atoms with Gasteiger partial charge in [0.2, 0.25) is 5.91 Å². The van der Waals surface area contributed by atoms with Crippen molar-refractivity contribution in [1.29, 1.82) is 0 Å². The third-order valence-corrected chi connectivity index (χ3v) is 7.75. The molecule has 2 saturated heterocycles. The van der Waals surface area contributed by atoms with Gasteiger partial charge in [0, 0.05) is 56.2 Å². The first-order valence-corrected chi connectivity index (χ1v) is 13.4. The van der Waals surface area contributed by atoms with E-state index in [4.69, 9.17) is 0 Å². The molecule has 3 heterocycles. The Kier molecular flexibility index (Phi) is 8.34. The third-order valence-electron chi connectivity index (χ3n) is 7.75. The molecular weight excluding hydrogens is 477 g/mol. The van der Waals surface area contributed by atoms with Crippen molar-refractivity contribution in [3.8, 4) is 0 Å². The molecule has 1 aromatic carbocycles. The number of nitrogens with one attached hydrogen (secondary N) is 1. The Morgan fingerprint density at radius 1 is 0.973 bits per heavy atom. The van der Waals surface area contributed by atoms with Crippen molar-refractivity contribution >= 4 is 17.3 Å². The number of likely N-dealkylation sites (tertiary alicyclic amines) is 1. The molecule has 0 spiro atoms. The van der Waals surface area contributed by atoms with Crippen LogP contribution in [0.2, 0.25) is 0 Å². The van der Waals surface area contributed by atoms with Crippen molar-refractivity contribution in [1.82, 2.24) is 9.88 Å². The van der Waals surface area contributed by atoms with Gasteiger partial charge < -0.3 is 15.1 Å². The minimum Gasteiger partial charge on any atom is -0.382 e. The van der Waals surface area contributed by atoms with Crippen LogP contribution in [0.25, 0.3) is 0 Å². The van der Waals surface area contributed by atoms with Gasteiger partial charge in [0.1, 0.15) is 5.69 Å². The number of benzene rings is 1. The molecule has 0 bridgehead atoms. The van der Waals surface area contributed by atoms with Crippen molar-refractivity contribution in [2.75, 3.05) is 36.4 Å². The van der Waals surface area contributed by atoms with Gasteiger partial charge in [0.15, 0.2) is 0 Å². The molecule has 2 aliphatic rings. The van der Waals surface area contributed by atoms with Gasteiger partial charge in [-0.2, -0.15) is 13.2 Å². The average molecular weight is 517 g/mol. The molecule has 0 radical (unpaired) electrons. The van der Waals surface area contributed by atoms with Crippen molar-refractivity contribution < 1.29 is 18.0 Å². The minimum atomic E-state index is -4.46. The van der Waals surface area contributed by atoms with E-state index < -0.39 is 11.9 Å². The number of piperidine rings is 2. The number of anilines is 2. The van der Waals surface area contributed by atoms with Gasteiger partial charge in [-0.15, -0.1) is 0 Å². The molecule has 2 fully saturated rings. The first-order valence-electron chi connectivity index (χ1n) is 13.4. The number of alkyl halides is 3. The average Bonchev–Trinajstić information content (AvgIpc) is 2.87. The number of hydrogen-bond acceptors (Lipinski definition) is 4. The van der Waals surface area contributed by atoms with Gasteiger partial charge in [0.25, 0.3) is 0 Å². The highest BCUT2D eigenvalue weighted by Crippen LogP contribution is 2.31. The van der Waals surface area contributed by atoms with Crippen molar-refractivity contribution in [3.05, 3.63) is 53.9 Å². The van der Waals surface area contributed by atoms with Gasteiger partial charge >= 0.3 is 6.18 Å². The van der Waals surface area contributed by atoms with Crippen molar-refractivity contribution in [2.24, 2.45) is 5.92 Å². The van der Waals surface area contributed by atoms with Gasteiger partial charge in [0.05, 0.1) is 0 Å². The van der Waals surface area contributed by atoms with Crippen LogP contribution in [0.3, 0.4) is 0 Å². The molecule has 0 aliphatic carbocycles. The van der Waals surface area contributed by atoms with E-state index in [0.717, 1.165) is 51.3 Å². The Labute approximate surface area is 218 Å². The Balaban J connectivity index is 1.16. The standard InChI is InChI=1S/C29H39F3N4O/c1-28(2,3)22-5-7-25(8-6-22)35-16-11-21(12-17-35)4-9-27(37)36-18-13-23(14-19-36)34-24-10-15-33-26(20-24)29(30,31)32/h5-8,10,15,20-21,23H,4,9,11-14,16-19H2,1-3H3,(H,33,34). The Morgan fingerprint density at radius 2 is 1.62 bits per heavy atom. The molecule has 2 aliphatic heterocycles. The van der Waals surface area contributed by atoms with Crippen molar-refractivity contribution in [3.63, 3.8) is 0 Å². The maximum Gasteiger partial charge on any atom is 0.433 e. The molecule has 8 heteroatoms. The fraction of sp³-hybridized carbons (Fsp3) is 0.586. The zero-order valence-electron chi connectivity index (χ0n) is 22.2. The van der Waals surface area contributed by atoms with E-state index in [0.29, 0.717) is 31.1 Å². The lowest BCUT2D eigenvalue weighted by molar-refractivity contribution is -0.141. The van der Waals surface area contributed by atoms with Crippen LogP contribution in [0.1, 0.15) is 70.6 Å². The normalized spacial score (nSPS) is 18.2. The van der Waals surface area contributed by atoms with Gasteiger partial charge in [-0.25, -0.2) is 0 Å². The minimum absolute atomic E-state index is 0.0503. The Morgan fingerprint density at radius 3 is 2.22 bits per heavy atom. The lowest BCUT2D eigenvalue weighted by Gasteiger charge is -2.35. The van der Waals surface area contributed by atoms with Crippen LogP contribution >= 0.6 is 0 Å². The Hall–Kier alpha value is -2.77. The molecule has 1 aromatic heterocycles. The largest absolute Gasteiger partial charge is 0.433 e.